The predicted molar refractivity (Wildman–Crippen MR) is 73.0 cm³/mol. The number of ether oxygens (including phenoxy) is 1. The monoisotopic (exact) mass is 267 g/mol. The summed E-state index contributed by atoms with van der Waals surface area (Å²) in [6.07, 6.45) is 3.53. The van der Waals surface area contributed by atoms with Crippen LogP contribution in [-0.2, 0) is 9.53 Å². The third-order valence-corrected chi connectivity index (χ3v) is 4.94. The van der Waals surface area contributed by atoms with Crippen molar-refractivity contribution >= 4 is 5.91 Å². The number of hydrogen-bond acceptors (Lipinski definition) is 4. The Bertz CT molecular complexity index is 350. The van der Waals surface area contributed by atoms with E-state index >= 15 is 0 Å². The number of carbonyl (C=O) groups is 1. The van der Waals surface area contributed by atoms with E-state index in [2.05, 4.69) is 22.0 Å². The lowest BCUT2D eigenvalue weighted by Gasteiger charge is -2.43. The molecule has 3 aliphatic rings. The van der Waals surface area contributed by atoms with Gasteiger partial charge in [0.1, 0.15) is 0 Å². The largest absolute Gasteiger partial charge is 0.380 e. The van der Waals surface area contributed by atoms with Crippen molar-refractivity contribution in [2.45, 2.75) is 50.4 Å². The van der Waals surface area contributed by atoms with Crippen LogP contribution in [0.15, 0.2) is 0 Å². The summed E-state index contributed by atoms with van der Waals surface area (Å²) >= 11 is 0. The van der Waals surface area contributed by atoms with Gasteiger partial charge in [0.25, 0.3) is 0 Å². The number of carbonyl (C=O) groups excluding carboxylic acids is 1. The van der Waals surface area contributed by atoms with E-state index in [1.807, 2.05) is 0 Å². The molecule has 4 atom stereocenters. The molecule has 1 N–H and O–H groups in total. The Balaban J connectivity index is 1.63. The SMILES string of the molecule is COC1CNC(C(=O)N2CC3CCCN3CC2C)C1. The molecule has 5 heteroatoms. The average Bonchev–Trinajstić information content (AvgIpc) is 3.05. The zero-order chi connectivity index (χ0) is 13.4. The van der Waals surface area contributed by atoms with Crippen molar-refractivity contribution in [3.05, 3.63) is 0 Å². The molecule has 19 heavy (non-hydrogen) atoms. The summed E-state index contributed by atoms with van der Waals surface area (Å²) in [5.74, 6) is 0.276. The van der Waals surface area contributed by atoms with Gasteiger partial charge < -0.3 is 15.0 Å². The second kappa shape index (κ2) is 5.38. The highest BCUT2D eigenvalue weighted by atomic mass is 16.5. The minimum atomic E-state index is -0.0413. The fraction of sp³-hybridized carbons (Fsp3) is 0.929. The summed E-state index contributed by atoms with van der Waals surface area (Å²) in [5.41, 5.74) is 0. The van der Waals surface area contributed by atoms with E-state index in [4.69, 9.17) is 4.74 Å². The highest BCUT2D eigenvalue weighted by Crippen LogP contribution is 2.25. The first-order valence-corrected chi connectivity index (χ1v) is 7.49. The summed E-state index contributed by atoms with van der Waals surface area (Å²) in [5, 5.41) is 3.31. The van der Waals surface area contributed by atoms with Gasteiger partial charge >= 0.3 is 0 Å². The maximum absolute atomic E-state index is 12.7. The molecule has 0 aromatic rings. The van der Waals surface area contributed by atoms with Crippen LogP contribution in [0.2, 0.25) is 0 Å². The zero-order valence-electron chi connectivity index (χ0n) is 12.0. The molecule has 3 aliphatic heterocycles. The Hall–Kier alpha value is -0.650. The van der Waals surface area contributed by atoms with Crippen molar-refractivity contribution < 1.29 is 9.53 Å². The lowest BCUT2D eigenvalue weighted by atomic mass is 10.1. The van der Waals surface area contributed by atoms with Crippen LogP contribution in [0.3, 0.4) is 0 Å². The van der Waals surface area contributed by atoms with E-state index in [1.54, 1.807) is 7.11 Å². The molecule has 3 heterocycles. The molecule has 0 aromatic heterocycles. The van der Waals surface area contributed by atoms with Crippen molar-refractivity contribution in [2.24, 2.45) is 0 Å². The van der Waals surface area contributed by atoms with Crippen LogP contribution >= 0.6 is 0 Å². The average molecular weight is 267 g/mol. The van der Waals surface area contributed by atoms with Gasteiger partial charge in [-0.05, 0) is 32.7 Å². The molecule has 108 valence electrons. The van der Waals surface area contributed by atoms with E-state index in [-0.39, 0.29) is 18.1 Å². The number of nitrogens with one attached hydrogen (secondary N) is 1. The van der Waals surface area contributed by atoms with Gasteiger partial charge in [-0.1, -0.05) is 0 Å². The van der Waals surface area contributed by atoms with Crippen LogP contribution in [0.1, 0.15) is 26.2 Å². The molecular formula is C14H25N3O2. The molecule has 0 aliphatic carbocycles. The van der Waals surface area contributed by atoms with Crippen LogP contribution in [0, 0.1) is 0 Å². The van der Waals surface area contributed by atoms with Gasteiger partial charge in [0, 0.05) is 38.8 Å². The maximum atomic E-state index is 12.7. The number of methoxy groups -OCH3 is 1. The highest BCUT2D eigenvalue weighted by Gasteiger charge is 2.40. The van der Waals surface area contributed by atoms with Gasteiger partial charge in [-0.25, -0.2) is 0 Å². The zero-order valence-corrected chi connectivity index (χ0v) is 12.0. The summed E-state index contributed by atoms with van der Waals surface area (Å²) in [6, 6.07) is 0.894. The Labute approximate surface area is 115 Å². The lowest BCUT2D eigenvalue weighted by Crippen LogP contribution is -2.59. The van der Waals surface area contributed by atoms with Crippen LogP contribution in [0.25, 0.3) is 0 Å². The van der Waals surface area contributed by atoms with E-state index < -0.39 is 0 Å². The number of rotatable bonds is 2. The van der Waals surface area contributed by atoms with E-state index in [0.29, 0.717) is 12.1 Å². The summed E-state index contributed by atoms with van der Waals surface area (Å²) < 4.78 is 5.33. The second-order valence-electron chi connectivity index (χ2n) is 6.18. The normalized spacial score (nSPS) is 39.6. The minimum absolute atomic E-state index is 0.0413. The van der Waals surface area contributed by atoms with Gasteiger partial charge in [-0.3, -0.25) is 9.69 Å². The van der Waals surface area contributed by atoms with Gasteiger partial charge in [0.05, 0.1) is 12.1 Å². The van der Waals surface area contributed by atoms with Crippen LogP contribution in [0.4, 0.5) is 0 Å². The number of fused-ring (bicyclic) bond motifs is 1. The Kier molecular flexibility index (Phi) is 3.78. The first kappa shape index (κ1) is 13.3. The second-order valence-corrected chi connectivity index (χ2v) is 6.18. The Morgan fingerprint density at radius 3 is 2.95 bits per heavy atom. The maximum Gasteiger partial charge on any atom is 0.240 e. The first-order chi connectivity index (χ1) is 9.19. The van der Waals surface area contributed by atoms with Crippen molar-refractivity contribution in [2.75, 3.05) is 33.3 Å². The highest BCUT2D eigenvalue weighted by molar-refractivity contribution is 5.82. The van der Waals surface area contributed by atoms with Gasteiger partial charge in [0.15, 0.2) is 0 Å². The quantitative estimate of drug-likeness (QED) is 0.768. The summed E-state index contributed by atoms with van der Waals surface area (Å²) in [6.45, 7) is 6.14. The number of hydrogen-bond donors (Lipinski definition) is 1. The number of amides is 1. The van der Waals surface area contributed by atoms with Crippen LogP contribution in [-0.4, -0.2) is 73.2 Å². The molecule has 0 aromatic carbocycles. The predicted octanol–water partition coefficient (Wildman–Crippen LogP) is 0.0584. The minimum Gasteiger partial charge on any atom is -0.380 e. The summed E-state index contributed by atoms with van der Waals surface area (Å²) in [7, 11) is 1.72. The van der Waals surface area contributed by atoms with Crippen molar-refractivity contribution in [1.29, 1.82) is 0 Å². The first-order valence-electron chi connectivity index (χ1n) is 7.49. The number of nitrogens with zero attached hydrogens (tertiary/aromatic N) is 2. The van der Waals surface area contributed by atoms with Crippen molar-refractivity contribution in [1.82, 2.24) is 15.1 Å². The van der Waals surface area contributed by atoms with E-state index in [1.165, 1.54) is 19.4 Å². The molecule has 1 amide bonds. The standard InChI is InChI=1S/C14H25N3O2/c1-10-8-16-5-3-4-11(16)9-17(10)14(18)13-6-12(19-2)7-15-13/h10-13,15H,3-9H2,1-2H3. The summed E-state index contributed by atoms with van der Waals surface area (Å²) in [4.78, 5) is 17.3. The van der Waals surface area contributed by atoms with Crippen molar-refractivity contribution in [3.8, 4) is 0 Å². The van der Waals surface area contributed by atoms with Gasteiger partial charge in [0.2, 0.25) is 5.91 Å². The van der Waals surface area contributed by atoms with Crippen LogP contribution < -0.4 is 5.32 Å². The number of piperazine rings is 1. The van der Waals surface area contributed by atoms with Gasteiger partial charge in [-0.2, -0.15) is 0 Å². The molecule has 0 saturated carbocycles. The fourth-order valence-corrected chi connectivity index (χ4v) is 3.77. The Morgan fingerprint density at radius 2 is 2.21 bits per heavy atom. The van der Waals surface area contributed by atoms with E-state index in [9.17, 15) is 4.79 Å². The topological polar surface area (TPSA) is 44.8 Å². The van der Waals surface area contributed by atoms with Crippen LogP contribution in [0.5, 0.6) is 0 Å². The molecule has 0 spiro atoms. The molecule has 0 radical (unpaired) electrons. The molecule has 3 fully saturated rings. The lowest BCUT2D eigenvalue weighted by molar-refractivity contribution is -0.138. The molecule has 5 nitrogen and oxygen atoms in total. The fourth-order valence-electron chi connectivity index (χ4n) is 3.77. The third kappa shape index (κ3) is 2.51. The molecule has 4 unspecified atom stereocenters. The van der Waals surface area contributed by atoms with E-state index in [0.717, 1.165) is 26.1 Å². The molecule has 3 rings (SSSR count). The third-order valence-electron chi connectivity index (χ3n) is 4.94. The molecule has 3 saturated heterocycles. The van der Waals surface area contributed by atoms with Gasteiger partial charge in [-0.15, -0.1) is 0 Å². The van der Waals surface area contributed by atoms with Crippen molar-refractivity contribution in [3.63, 3.8) is 0 Å². The molecular weight excluding hydrogens is 242 g/mol. The smallest absolute Gasteiger partial charge is 0.240 e. The molecule has 0 bridgehead atoms. The Morgan fingerprint density at radius 1 is 1.37 bits per heavy atom.